The molecule has 0 amide bonds. The third-order valence-corrected chi connectivity index (χ3v) is 3.57. The zero-order chi connectivity index (χ0) is 11.0. The van der Waals surface area contributed by atoms with Gasteiger partial charge in [0.25, 0.3) is 0 Å². The Morgan fingerprint density at radius 2 is 2.25 bits per heavy atom. The molecule has 0 saturated heterocycles. The third-order valence-electron chi connectivity index (χ3n) is 3.57. The van der Waals surface area contributed by atoms with E-state index < -0.39 is 0 Å². The van der Waals surface area contributed by atoms with Crippen LogP contribution in [0.4, 0.5) is 5.69 Å². The first kappa shape index (κ1) is 9.88. The summed E-state index contributed by atoms with van der Waals surface area (Å²) in [7, 11) is 0. The van der Waals surface area contributed by atoms with Crippen LogP contribution in [0, 0.1) is 5.92 Å². The van der Waals surface area contributed by atoms with Crippen molar-refractivity contribution >= 4 is 11.5 Å². The van der Waals surface area contributed by atoms with Gasteiger partial charge < -0.3 is 5.32 Å². The first-order valence-corrected chi connectivity index (χ1v) is 6.23. The lowest BCUT2D eigenvalue weighted by atomic mass is 9.93. The van der Waals surface area contributed by atoms with Crippen LogP contribution in [0.2, 0.25) is 0 Å². The summed E-state index contributed by atoms with van der Waals surface area (Å²) in [6.45, 7) is 1.03. The molecule has 16 heavy (non-hydrogen) atoms. The maximum Gasteiger partial charge on any atom is 0.163 e. The topological polar surface area (TPSA) is 29.1 Å². The van der Waals surface area contributed by atoms with Crippen molar-refractivity contribution in [1.82, 2.24) is 0 Å². The Kier molecular flexibility index (Phi) is 2.43. The lowest BCUT2D eigenvalue weighted by Crippen LogP contribution is -2.15. The van der Waals surface area contributed by atoms with Gasteiger partial charge in [-0.25, -0.2) is 0 Å². The molecule has 2 heteroatoms. The number of fused-ring (bicyclic) bond motifs is 1. The molecule has 1 heterocycles. The number of carbonyl (C=O) groups excluding carboxylic acids is 1. The normalized spacial score (nSPS) is 18.8. The summed E-state index contributed by atoms with van der Waals surface area (Å²) >= 11 is 0. The van der Waals surface area contributed by atoms with Gasteiger partial charge in [0, 0.05) is 24.2 Å². The van der Waals surface area contributed by atoms with Gasteiger partial charge in [-0.05, 0) is 43.2 Å². The lowest BCUT2D eigenvalue weighted by Gasteiger charge is -2.20. The molecule has 1 aromatic carbocycles. The minimum absolute atomic E-state index is 0.350. The Balaban J connectivity index is 1.89. The number of rotatable bonds is 3. The highest BCUT2D eigenvalue weighted by atomic mass is 16.1. The molecule has 0 bridgehead atoms. The van der Waals surface area contributed by atoms with Gasteiger partial charge in [-0.3, -0.25) is 4.79 Å². The fraction of sp³-hybridized carbons (Fsp3) is 0.500. The van der Waals surface area contributed by atoms with Gasteiger partial charge in [0.2, 0.25) is 0 Å². The van der Waals surface area contributed by atoms with Crippen molar-refractivity contribution in [3.05, 3.63) is 29.3 Å². The fourth-order valence-corrected chi connectivity index (χ4v) is 2.47. The predicted molar refractivity (Wildman–Crippen MR) is 64.9 cm³/mol. The van der Waals surface area contributed by atoms with E-state index in [2.05, 4.69) is 11.4 Å². The van der Waals surface area contributed by atoms with E-state index >= 15 is 0 Å². The molecule has 0 unspecified atom stereocenters. The monoisotopic (exact) mass is 215 g/mol. The van der Waals surface area contributed by atoms with Gasteiger partial charge in [0.15, 0.2) is 5.78 Å². The highest BCUT2D eigenvalue weighted by molar-refractivity contribution is 5.99. The number of hydrogen-bond donors (Lipinski definition) is 1. The molecule has 1 aromatic rings. The molecule has 1 fully saturated rings. The quantitative estimate of drug-likeness (QED) is 0.785. The molecule has 3 rings (SSSR count). The summed E-state index contributed by atoms with van der Waals surface area (Å²) in [5.41, 5.74) is 3.39. The van der Waals surface area contributed by atoms with Crippen LogP contribution in [-0.2, 0) is 6.42 Å². The van der Waals surface area contributed by atoms with E-state index in [-0.39, 0.29) is 0 Å². The van der Waals surface area contributed by atoms with E-state index in [9.17, 15) is 4.79 Å². The molecule has 0 aromatic heterocycles. The molecule has 2 aliphatic rings. The van der Waals surface area contributed by atoms with Gasteiger partial charge in [0.1, 0.15) is 0 Å². The second-order valence-corrected chi connectivity index (χ2v) is 4.93. The minimum Gasteiger partial charge on any atom is -0.385 e. The highest BCUT2D eigenvalue weighted by Gasteiger charge is 2.26. The molecular weight excluding hydrogens is 198 g/mol. The molecule has 0 radical (unpaired) electrons. The van der Waals surface area contributed by atoms with Gasteiger partial charge >= 0.3 is 0 Å². The molecule has 0 spiro atoms. The first-order valence-electron chi connectivity index (χ1n) is 6.23. The Bertz CT molecular complexity index is 421. The van der Waals surface area contributed by atoms with E-state index in [0.29, 0.717) is 11.7 Å². The average Bonchev–Trinajstić information content (AvgIpc) is 3.12. The zero-order valence-corrected chi connectivity index (χ0v) is 9.46. The molecule has 1 N–H and O–H groups in total. The highest BCUT2D eigenvalue weighted by Crippen LogP contribution is 2.35. The van der Waals surface area contributed by atoms with Gasteiger partial charge in [-0.2, -0.15) is 0 Å². The molecular formula is C14H17NO. The molecule has 2 nitrogen and oxygen atoms in total. The SMILES string of the molecule is O=C(CC1CC1)c1cccc2c1CCCN2. The number of carbonyl (C=O) groups is 1. The first-order chi connectivity index (χ1) is 7.84. The van der Waals surface area contributed by atoms with Gasteiger partial charge in [-0.1, -0.05) is 12.1 Å². The molecule has 0 atom stereocenters. The average molecular weight is 215 g/mol. The molecule has 1 saturated carbocycles. The van der Waals surface area contributed by atoms with Crippen LogP contribution in [-0.4, -0.2) is 12.3 Å². The number of nitrogens with one attached hydrogen (secondary N) is 1. The summed E-state index contributed by atoms with van der Waals surface area (Å²) in [5.74, 6) is 1.03. The van der Waals surface area contributed by atoms with Crippen LogP contribution >= 0.6 is 0 Å². The zero-order valence-electron chi connectivity index (χ0n) is 9.46. The Hall–Kier alpha value is -1.31. The largest absolute Gasteiger partial charge is 0.385 e. The van der Waals surface area contributed by atoms with Crippen molar-refractivity contribution in [3.8, 4) is 0 Å². The molecule has 1 aliphatic heterocycles. The van der Waals surface area contributed by atoms with Crippen molar-refractivity contribution in [2.45, 2.75) is 32.1 Å². The fourth-order valence-electron chi connectivity index (χ4n) is 2.47. The molecule has 84 valence electrons. The maximum absolute atomic E-state index is 12.1. The Morgan fingerprint density at radius 1 is 1.38 bits per heavy atom. The van der Waals surface area contributed by atoms with Crippen molar-refractivity contribution in [1.29, 1.82) is 0 Å². The van der Waals surface area contributed by atoms with E-state index in [1.807, 2.05) is 12.1 Å². The Labute approximate surface area is 96.1 Å². The van der Waals surface area contributed by atoms with Crippen LogP contribution in [0.1, 0.15) is 41.6 Å². The second-order valence-electron chi connectivity index (χ2n) is 4.93. The van der Waals surface area contributed by atoms with E-state index in [0.717, 1.165) is 31.4 Å². The summed E-state index contributed by atoms with van der Waals surface area (Å²) in [6.07, 6.45) is 5.45. The summed E-state index contributed by atoms with van der Waals surface area (Å²) in [4.78, 5) is 12.1. The van der Waals surface area contributed by atoms with Gasteiger partial charge in [0.05, 0.1) is 0 Å². The maximum atomic E-state index is 12.1. The summed E-state index contributed by atoms with van der Waals surface area (Å²) < 4.78 is 0. The number of benzene rings is 1. The smallest absolute Gasteiger partial charge is 0.163 e. The van der Waals surface area contributed by atoms with Gasteiger partial charge in [-0.15, -0.1) is 0 Å². The standard InChI is InChI=1S/C14H17NO/c16-14(9-10-6-7-10)12-3-1-5-13-11(12)4-2-8-15-13/h1,3,5,10,15H,2,4,6-9H2. The predicted octanol–water partition coefficient (Wildman–Crippen LogP) is 3.03. The third kappa shape index (κ3) is 1.84. The van der Waals surface area contributed by atoms with Crippen LogP contribution in [0.15, 0.2) is 18.2 Å². The number of ketones is 1. The van der Waals surface area contributed by atoms with Crippen LogP contribution < -0.4 is 5.32 Å². The number of Topliss-reactive ketones (excluding diaryl/α,β-unsaturated/α-hetero) is 1. The van der Waals surface area contributed by atoms with Crippen molar-refractivity contribution in [2.24, 2.45) is 5.92 Å². The van der Waals surface area contributed by atoms with E-state index in [4.69, 9.17) is 0 Å². The lowest BCUT2D eigenvalue weighted by molar-refractivity contribution is 0.0975. The number of hydrogen-bond acceptors (Lipinski definition) is 2. The van der Waals surface area contributed by atoms with E-state index in [1.165, 1.54) is 24.1 Å². The number of anilines is 1. The van der Waals surface area contributed by atoms with Crippen LogP contribution in [0.5, 0.6) is 0 Å². The minimum atomic E-state index is 0.350. The van der Waals surface area contributed by atoms with Crippen LogP contribution in [0.25, 0.3) is 0 Å². The van der Waals surface area contributed by atoms with Crippen LogP contribution in [0.3, 0.4) is 0 Å². The summed E-state index contributed by atoms with van der Waals surface area (Å²) in [6, 6.07) is 6.08. The van der Waals surface area contributed by atoms with Crippen molar-refractivity contribution < 1.29 is 4.79 Å². The Morgan fingerprint density at radius 3 is 3.06 bits per heavy atom. The second kappa shape index (κ2) is 3.93. The van der Waals surface area contributed by atoms with Crippen molar-refractivity contribution in [2.75, 3.05) is 11.9 Å². The summed E-state index contributed by atoms with van der Waals surface area (Å²) in [5, 5.41) is 3.37. The molecule has 1 aliphatic carbocycles. The van der Waals surface area contributed by atoms with E-state index in [1.54, 1.807) is 0 Å². The van der Waals surface area contributed by atoms with Crippen molar-refractivity contribution in [3.63, 3.8) is 0 Å².